The number of carbonyl (C=O) groups excluding carboxylic acids is 2. The van der Waals surface area contributed by atoms with E-state index in [1.165, 1.54) is 41.0 Å². The first-order valence-corrected chi connectivity index (χ1v) is 10.6. The Kier molecular flexibility index (Phi) is 5.59. The number of hydrogen-bond acceptors (Lipinski definition) is 6. The van der Waals surface area contributed by atoms with E-state index in [1.807, 2.05) is 0 Å². The van der Waals surface area contributed by atoms with Crippen molar-refractivity contribution in [3.05, 3.63) is 40.9 Å². The first-order chi connectivity index (χ1) is 13.6. The molecule has 0 unspecified atom stereocenters. The molecule has 1 fully saturated rings. The molecule has 0 aliphatic carbocycles. The van der Waals surface area contributed by atoms with Crippen LogP contribution in [0, 0.1) is 0 Å². The molecule has 28 heavy (non-hydrogen) atoms. The molecule has 2 N–H and O–H groups in total. The molecule has 2 aliphatic heterocycles. The van der Waals surface area contributed by atoms with Gasteiger partial charge in [0.2, 0.25) is 0 Å². The standard InChI is InChI=1S/C20H25N5O2S/c1-24-10-6-15-12-14(4-5-16(15)24)17(25-8-2-3-9-25)13-22-18(26)19(27)23-20-21-7-11-28-20/h4-5,7,11-12,17H,2-3,6,8-10,13H2,1H3,(H,22,26)(H,21,23,27)/t17-/m0/s1. The summed E-state index contributed by atoms with van der Waals surface area (Å²) in [5.74, 6) is -1.30. The molecule has 0 bridgehead atoms. The summed E-state index contributed by atoms with van der Waals surface area (Å²) in [4.78, 5) is 33.0. The Morgan fingerprint density at radius 2 is 2.04 bits per heavy atom. The minimum atomic E-state index is -0.675. The maximum Gasteiger partial charge on any atom is 0.315 e. The highest BCUT2D eigenvalue weighted by Gasteiger charge is 2.27. The van der Waals surface area contributed by atoms with Crippen molar-refractivity contribution < 1.29 is 9.59 Å². The van der Waals surface area contributed by atoms with Gasteiger partial charge in [-0.2, -0.15) is 0 Å². The lowest BCUT2D eigenvalue weighted by atomic mass is 10.0. The van der Waals surface area contributed by atoms with E-state index in [0.29, 0.717) is 11.7 Å². The highest BCUT2D eigenvalue weighted by molar-refractivity contribution is 7.13. The number of carbonyl (C=O) groups is 2. The van der Waals surface area contributed by atoms with E-state index in [1.54, 1.807) is 11.6 Å². The van der Waals surface area contributed by atoms with Crippen LogP contribution in [0.2, 0.25) is 0 Å². The molecule has 148 valence electrons. The lowest BCUT2D eigenvalue weighted by molar-refractivity contribution is -0.136. The summed E-state index contributed by atoms with van der Waals surface area (Å²) in [6.07, 6.45) is 4.98. The van der Waals surface area contributed by atoms with Gasteiger partial charge < -0.3 is 10.2 Å². The number of likely N-dealkylation sites (N-methyl/N-ethyl adjacent to an activating group) is 1. The highest BCUT2D eigenvalue weighted by atomic mass is 32.1. The molecule has 0 saturated carbocycles. The topological polar surface area (TPSA) is 77.6 Å². The third-order valence-corrected chi connectivity index (χ3v) is 6.20. The fourth-order valence-electron chi connectivity index (χ4n) is 4.01. The number of benzene rings is 1. The molecule has 1 aromatic carbocycles. The predicted octanol–water partition coefficient (Wildman–Crippen LogP) is 2.03. The van der Waals surface area contributed by atoms with Gasteiger partial charge in [-0.05, 0) is 49.5 Å². The van der Waals surface area contributed by atoms with Crippen LogP contribution in [-0.4, -0.2) is 54.9 Å². The van der Waals surface area contributed by atoms with Crippen molar-refractivity contribution in [2.75, 3.05) is 43.4 Å². The Morgan fingerprint density at radius 1 is 1.21 bits per heavy atom. The van der Waals surface area contributed by atoms with Crippen molar-refractivity contribution in [2.45, 2.75) is 25.3 Å². The summed E-state index contributed by atoms with van der Waals surface area (Å²) in [5.41, 5.74) is 3.85. The number of hydrogen-bond donors (Lipinski definition) is 2. The molecule has 8 heteroatoms. The van der Waals surface area contributed by atoms with E-state index < -0.39 is 11.8 Å². The number of nitrogens with zero attached hydrogens (tertiary/aromatic N) is 3. The van der Waals surface area contributed by atoms with Crippen LogP contribution in [0.1, 0.15) is 30.0 Å². The summed E-state index contributed by atoms with van der Waals surface area (Å²) in [7, 11) is 2.12. The Hall–Kier alpha value is -2.45. The van der Waals surface area contributed by atoms with E-state index in [-0.39, 0.29) is 6.04 Å². The highest BCUT2D eigenvalue weighted by Crippen LogP contribution is 2.32. The van der Waals surface area contributed by atoms with Gasteiger partial charge in [0.1, 0.15) is 0 Å². The fourth-order valence-corrected chi connectivity index (χ4v) is 4.54. The first-order valence-electron chi connectivity index (χ1n) is 9.68. The molecule has 2 aromatic rings. The van der Waals surface area contributed by atoms with E-state index in [2.05, 4.69) is 50.7 Å². The molecule has 4 rings (SSSR count). The zero-order chi connectivity index (χ0) is 19.5. The lowest BCUT2D eigenvalue weighted by Crippen LogP contribution is -2.41. The molecular weight excluding hydrogens is 374 g/mol. The molecule has 3 heterocycles. The quantitative estimate of drug-likeness (QED) is 0.753. The van der Waals surface area contributed by atoms with Crippen LogP contribution in [0.5, 0.6) is 0 Å². The second-order valence-corrected chi connectivity index (χ2v) is 8.21. The van der Waals surface area contributed by atoms with E-state index in [0.717, 1.165) is 26.1 Å². The molecular formula is C20H25N5O2S. The predicted molar refractivity (Wildman–Crippen MR) is 111 cm³/mol. The summed E-state index contributed by atoms with van der Waals surface area (Å²) in [6, 6.07) is 6.68. The second kappa shape index (κ2) is 8.28. The summed E-state index contributed by atoms with van der Waals surface area (Å²) >= 11 is 1.29. The van der Waals surface area contributed by atoms with E-state index >= 15 is 0 Å². The van der Waals surface area contributed by atoms with Gasteiger partial charge in [0, 0.05) is 37.4 Å². The van der Waals surface area contributed by atoms with Gasteiger partial charge in [-0.3, -0.25) is 19.8 Å². The van der Waals surface area contributed by atoms with Crippen molar-refractivity contribution in [2.24, 2.45) is 0 Å². The van der Waals surface area contributed by atoms with Crippen LogP contribution < -0.4 is 15.5 Å². The van der Waals surface area contributed by atoms with Crippen LogP contribution in [-0.2, 0) is 16.0 Å². The molecule has 1 aromatic heterocycles. The van der Waals surface area contributed by atoms with Crippen molar-refractivity contribution in [1.82, 2.24) is 15.2 Å². The van der Waals surface area contributed by atoms with Gasteiger partial charge in [0.05, 0.1) is 6.04 Å². The number of rotatable bonds is 5. The lowest BCUT2D eigenvalue weighted by Gasteiger charge is -2.28. The van der Waals surface area contributed by atoms with Gasteiger partial charge in [-0.15, -0.1) is 11.3 Å². The van der Waals surface area contributed by atoms with Gasteiger partial charge in [-0.25, -0.2) is 4.98 Å². The zero-order valence-corrected chi connectivity index (χ0v) is 16.8. The molecule has 1 saturated heterocycles. The number of amides is 2. The van der Waals surface area contributed by atoms with Crippen LogP contribution >= 0.6 is 11.3 Å². The molecule has 2 amide bonds. The number of anilines is 2. The van der Waals surface area contributed by atoms with Gasteiger partial charge in [0.15, 0.2) is 5.13 Å². The number of likely N-dealkylation sites (tertiary alicyclic amines) is 1. The smallest absolute Gasteiger partial charge is 0.315 e. The molecule has 1 atom stereocenters. The average molecular weight is 400 g/mol. The average Bonchev–Trinajstić information content (AvgIpc) is 3.45. The summed E-state index contributed by atoms with van der Waals surface area (Å²) in [6.45, 7) is 3.49. The zero-order valence-electron chi connectivity index (χ0n) is 16.0. The second-order valence-electron chi connectivity index (χ2n) is 7.32. The fraction of sp³-hybridized carbons (Fsp3) is 0.450. The molecule has 0 radical (unpaired) electrons. The molecule has 2 aliphatic rings. The van der Waals surface area contributed by atoms with E-state index in [9.17, 15) is 9.59 Å². The van der Waals surface area contributed by atoms with Crippen molar-refractivity contribution in [1.29, 1.82) is 0 Å². The summed E-state index contributed by atoms with van der Waals surface area (Å²) < 4.78 is 0. The maximum atomic E-state index is 12.3. The van der Waals surface area contributed by atoms with Crippen molar-refractivity contribution >= 4 is 34.0 Å². The van der Waals surface area contributed by atoms with Crippen molar-refractivity contribution in [3.8, 4) is 0 Å². The van der Waals surface area contributed by atoms with E-state index in [4.69, 9.17) is 0 Å². The third-order valence-electron chi connectivity index (χ3n) is 5.51. The Labute approximate surface area is 168 Å². The number of aromatic nitrogens is 1. The largest absolute Gasteiger partial charge is 0.374 e. The minimum Gasteiger partial charge on any atom is -0.374 e. The third kappa shape index (κ3) is 4.02. The monoisotopic (exact) mass is 399 g/mol. The number of nitrogens with one attached hydrogen (secondary N) is 2. The van der Waals surface area contributed by atoms with Gasteiger partial charge in [-0.1, -0.05) is 12.1 Å². The molecule has 7 nitrogen and oxygen atoms in total. The van der Waals surface area contributed by atoms with Gasteiger partial charge in [0.25, 0.3) is 0 Å². The maximum absolute atomic E-state index is 12.3. The number of thiazole rings is 1. The van der Waals surface area contributed by atoms with Crippen LogP contribution in [0.15, 0.2) is 29.8 Å². The Morgan fingerprint density at radius 3 is 2.79 bits per heavy atom. The minimum absolute atomic E-state index is 0.0790. The van der Waals surface area contributed by atoms with Crippen LogP contribution in [0.4, 0.5) is 10.8 Å². The SMILES string of the molecule is CN1CCc2cc([C@H](CNC(=O)C(=O)Nc3nccs3)N3CCCC3)ccc21. The van der Waals surface area contributed by atoms with Crippen LogP contribution in [0.25, 0.3) is 0 Å². The normalized spacial score (nSPS) is 17.4. The number of fused-ring (bicyclic) bond motifs is 1. The van der Waals surface area contributed by atoms with Crippen molar-refractivity contribution in [3.63, 3.8) is 0 Å². The molecule has 0 spiro atoms. The van der Waals surface area contributed by atoms with Gasteiger partial charge >= 0.3 is 11.8 Å². The first kappa shape index (κ1) is 18.9. The Bertz CT molecular complexity index is 848. The summed E-state index contributed by atoms with van der Waals surface area (Å²) in [5, 5.41) is 7.53. The Balaban J connectivity index is 1.45. The van der Waals surface area contributed by atoms with Crippen LogP contribution in [0.3, 0.4) is 0 Å².